The third-order valence-electron chi connectivity index (χ3n) is 2.40. The lowest BCUT2D eigenvalue weighted by molar-refractivity contribution is 0.0288. The van der Waals surface area contributed by atoms with Gasteiger partial charge in [-0.15, -0.1) is 24.7 Å². The first-order chi connectivity index (χ1) is 7.37. The Morgan fingerprint density at radius 2 is 1.69 bits per heavy atom. The van der Waals surface area contributed by atoms with Crippen LogP contribution in [0.1, 0.15) is 20.8 Å². The van der Waals surface area contributed by atoms with Crippen molar-refractivity contribution in [3.63, 3.8) is 0 Å². The summed E-state index contributed by atoms with van der Waals surface area (Å²) < 4.78 is 5.26. The van der Waals surface area contributed by atoms with Gasteiger partial charge in [-0.1, -0.05) is 0 Å². The van der Waals surface area contributed by atoms with Crippen molar-refractivity contribution in [2.24, 2.45) is 11.8 Å². The zero-order valence-electron chi connectivity index (χ0n) is 9.99. The molecule has 86 valence electrons. The van der Waals surface area contributed by atoms with Crippen molar-refractivity contribution in [1.29, 1.82) is 0 Å². The molecule has 0 saturated carbocycles. The Morgan fingerprint density at radius 1 is 1.25 bits per heavy atom. The van der Waals surface area contributed by atoms with Gasteiger partial charge in [0.15, 0.2) is 0 Å². The zero-order chi connectivity index (χ0) is 12.3. The highest BCUT2D eigenvalue weighted by Gasteiger charge is 2.35. The second-order valence-electron chi connectivity index (χ2n) is 4.93. The molecule has 1 aliphatic heterocycles. The molecule has 0 aliphatic carbocycles. The first-order valence-corrected chi connectivity index (χ1v) is 5.27. The number of rotatable bonds is 0. The molecular formula is C13H17NO2. The van der Waals surface area contributed by atoms with E-state index in [-0.39, 0.29) is 17.9 Å². The summed E-state index contributed by atoms with van der Waals surface area (Å²) in [5.41, 5.74) is -0.489. The minimum atomic E-state index is -0.489. The Kier molecular flexibility index (Phi) is 3.50. The topological polar surface area (TPSA) is 29.5 Å². The molecule has 3 nitrogen and oxygen atoms in total. The van der Waals surface area contributed by atoms with Crippen molar-refractivity contribution in [3.05, 3.63) is 0 Å². The average Bonchev–Trinajstić information content (AvgIpc) is 2.57. The lowest BCUT2D eigenvalue weighted by Crippen LogP contribution is -2.35. The monoisotopic (exact) mass is 219 g/mol. The highest BCUT2D eigenvalue weighted by molar-refractivity contribution is 5.68. The van der Waals surface area contributed by atoms with Crippen molar-refractivity contribution in [2.45, 2.75) is 26.4 Å². The minimum Gasteiger partial charge on any atom is -0.444 e. The predicted molar refractivity (Wildman–Crippen MR) is 62.5 cm³/mol. The number of terminal acetylenes is 2. The van der Waals surface area contributed by atoms with E-state index in [0.717, 1.165) is 0 Å². The van der Waals surface area contributed by atoms with Gasteiger partial charge in [0.25, 0.3) is 0 Å². The summed E-state index contributed by atoms with van der Waals surface area (Å²) in [5, 5.41) is 0. The number of carbonyl (C=O) groups excluding carboxylic acids is 1. The first-order valence-electron chi connectivity index (χ1n) is 5.27. The highest BCUT2D eigenvalue weighted by atomic mass is 16.6. The number of hydrogen-bond donors (Lipinski definition) is 0. The number of carbonyl (C=O) groups is 1. The van der Waals surface area contributed by atoms with Crippen molar-refractivity contribution in [2.75, 3.05) is 13.1 Å². The average molecular weight is 219 g/mol. The molecule has 1 fully saturated rings. The predicted octanol–water partition coefficient (Wildman–Crippen LogP) is 1.74. The standard InChI is InChI=1S/C13H17NO2/c1-6-10-8-14(9-11(10)7-2)12(15)16-13(3,4)5/h1-2,10-11H,8-9H2,3-5H3/t10-,11+. The minimum absolute atomic E-state index is 0.0579. The van der Waals surface area contributed by atoms with Crippen LogP contribution < -0.4 is 0 Å². The van der Waals surface area contributed by atoms with Gasteiger partial charge in [-0.2, -0.15) is 0 Å². The maximum atomic E-state index is 11.8. The summed E-state index contributed by atoms with van der Waals surface area (Å²) in [7, 11) is 0. The largest absolute Gasteiger partial charge is 0.444 e. The third kappa shape index (κ3) is 2.94. The SMILES string of the molecule is C#C[C@@H]1CN(C(=O)OC(C)(C)C)C[C@@H]1C#C. The molecule has 16 heavy (non-hydrogen) atoms. The Balaban J connectivity index is 2.63. The zero-order valence-corrected chi connectivity index (χ0v) is 9.99. The molecule has 0 spiro atoms. The first kappa shape index (κ1) is 12.5. The summed E-state index contributed by atoms with van der Waals surface area (Å²) in [6.45, 7) is 6.47. The number of ether oxygens (including phenoxy) is 1. The maximum absolute atomic E-state index is 11.8. The smallest absolute Gasteiger partial charge is 0.410 e. The van der Waals surface area contributed by atoms with Gasteiger partial charge in [0, 0.05) is 13.1 Å². The molecule has 0 unspecified atom stereocenters. The van der Waals surface area contributed by atoms with E-state index in [1.807, 2.05) is 20.8 Å². The molecule has 0 aromatic carbocycles. The molecule has 1 rings (SSSR count). The molecule has 1 saturated heterocycles. The fourth-order valence-corrected chi connectivity index (χ4v) is 1.62. The van der Waals surface area contributed by atoms with Crippen molar-refractivity contribution in [3.8, 4) is 24.7 Å². The number of nitrogens with zero attached hydrogens (tertiary/aromatic N) is 1. The second kappa shape index (κ2) is 4.49. The Labute approximate surface area is 97.1 Å². The van der Waals surface area contributed by atoms with Gasteiger partial charge in [-0.3, -0.25) is 0 Å². The Hall–Kier alpha value is -1.61. The van der Waals surface area contributed by atoms with Gasteiger partial charge in [-0.05, 0) is 20.8 Å². The molecule has 0 aromatic heterocycles. The molecule has 1 aliphatic rings. The van der Waals surface area contributed by atoms with Crippen molar-refractivity contribution in [1.82, 2.24) is 4.90 Å². The Bertz CT molecular complexity index is 332. The van der Waals surface area contributed by atoms with Crippen LogP contribution in [-0.4, -0.2) is 29.7 Å². The maximum Gasteiger partial charge on any atom is 0.410 e. The number of likely N-dealkylation sites (tertiary alicyclic amines) is 1. The molecule has 1 heterocycles. The summed E-state index contributed by atoms with van der Waals surface area (Å²) in [6.07, 6.45) is 10.4. The van der Waals surface area contributed by atoms with Crippen LogP contribution in [0.5, 0.6) is 0 Å². The molecule has 1 amide bonds. The van der Waals surface area contributed by atoms with E-state index in [1.54, 1.807) is 4.90 Å². The summed E-state index contributed by atoms with van der Waals surface area (Å²) in [4.78, 5) is 13.3. The highest BCUT2D eigenvalue weighted by Crippen LogP contribution is 2.23. The van der Waals surface area contributed by atoms with Crippen molar-refractivity contribution < 1.29 is 9.53 Å². The van der Waals surface area contributed by atoms with Crippen LogP contribution in [0.25, 0.3) is 0 Å². The third-order valence-corrected chi connectivity index (χ3v) is 2.40. The second-order valence-corrected chi connectivity index (χ2v) is 4.93. The van der Waals surface area contributed by atoms with E-state index in [4.69, 9.17) is 17.6 Å². The molecular weight excluding hydrogens is 202 g/mol. The molecule has 3 heteroatoms. The van der Waals surface area contributed by atoms with E-state index in [0.29, 0.717) is 13.1 Å². The van der Waals surface area contributed by atoms with Crippen LogP contribution >= 0.6 is 0 Å². The van der Waals surface area contributed by atoms with Crippen LogP contribution in [-0.2, 0) is 4.74 Å². The fourth-order valence-electron chi connectivity index (χ4n) is 1.62. The number of amides is 1. The van der Waals surface area contributed by atoms with E-state index in [2.05, 4.69) is 11.8 Å². The molecule has 0 aromatic rings. The van der Waals surface area contributed by atoms with Crippen LogP contribution in [0.2, 0.25) is 0 Å². The van der Waals surface area contributed by atoms with Gasteiger partial charge < -0.3 is 9.64 Å². The van der Waals surface area contributed by atoms with E-state index in [1.165, 1.54) is 0 Å². The summed E-state index contributed by atoms with van der Waals surface area (Å²) in [6, 6.07) is 0. The van der Waals surface area contributed by atoms with Crippen LogP contribution in [0, 0.1) is 36.5 Å². The molecule has 0 bridgehead atoms. The van der Waals surface area contributed by atoms with E-state index < -0.39 is 5.60 Å². The van der Waals surface area contributed by atoms with Gasteiger partial charge in [0.05, 0.1) is 11.8 Å². The van der Waals surface area contributed by atoms with Crippen molar-refractivity contribution >= 4 is 6.09 Å². The van der Waals surface area contributed by atoms with Gasteiger partial charge >= 0.3 is 6.09 Å². The van der Waals surface area contributed by atoms with Crippen LogP contribution in [0.3, 0.4) is 0 Å². The Morgan fingerprint density at radius 3 is 2.00 bits per heavy atom. The lowest BCUT2D eigenvalue weighted by atomic mass is 9.98. The summed E-state index contributed by atoms with van der Waals surface area (Å²) >= 11 is 0. The fraction of sp³-hybridized carbons (Fsp3) is 0.615. The molecule has 0 radical (unpaired) electrons. The van der Waals surface area contributed by atoms with Gasteiger partial charge in [0.1, 0.15) is 5.60 Å². The molecule has 0 N–H and O–H groups in total. The van der Waals surface area contributed by atoms with E-state index in [9.17, 15) is 4.79 Å². The quantitative estimate of drug-likeness (QED) is 0.581. The van der Waals surface area contributed by atoms with Crippen LogP contribution in [0.4, 0.5) is 4.79 Å². The summed E-state index contributed by atoms with van der Waals surface area (Å²) in [5.74, 6) is 5.13. The van der Waals surface area contributed by atoms with E-state index >= 15 is 0 Å². The normalized spacial score (nSPS) is 24.7. The molecule has 2 atom stereocenters. The van der Waals surface area contributed by atoms with Gasteiger partial charge in [0.2, 0.25) is 0 Å². The van der Waals surface area contributed by atoms with Gasteiger partial charge in [-0.25, -0.2) is 4.79 Å². The number of hydrogen-bond acceptors (Lipinski definition) is 2. The van der Waals surface area contributed by atoms with Crippen LogP contribution in [0.15, 0.2) is 0 Å². The lowest BCUT2D eigenvalue weighted by Gasteiger charge is -2.24.